The van der Waals surface area contributed by atoms with Crippen LogP contribution in [0.4, 0.5) is 5.82 Å². The first-order valence-electron chi connectivity index (χ1n) is 7.59. The smallest absolute Gasteiger partial charge is 0.159 e. The van der Waals surface area contributed by atoms with Gasteiger partial charge in [-0.25, -0.2) is 0 Å². The van der Waals surface area contributed by atoms with E-state index in [4.69, 9.17) is 9.15 Å². The zero-order valence-electron chi connectivity index (χ0n) is 12.3. The number of fused-ring (bicyclic) bond motifs is 3. The van der Waals surface area contributed by atoms with E-state index >= 15 is 0 Å². The minimum atomic E-state index is 0.750. The second-order valence-corrected chi connectivity index (χ2v) is 5.42. The number of rotatable bonds is 4. The topological polar surface area (TPSA) is 63.4 Å². The van der Waals surface area contributed by atoms with Crippen LogP contribution in [-0.4, -0.2) is 54.5 Å². The standard InChI is InChI=1S/C16H18N4O2/c1-2-4-13-12(3-1)16-14(22-13)11-15(18-19-16)17-5-6-20-7-9-21-10-8-20/h1-4,11H,5-10H2,(H,17,18). The minimum absolute atomic E-state index is 0.750. The van der Waals surface area contributed by atoms with Crippen LogP contribution >= 0.6 is 0 Å². The van der Waals surface area contributed by atoms with Gasteiger partial charge in [0.05, 0.1) is 13.2 Å². The lowest BCUT2D eigenvalue weighted by Crippen LogP contribution is -2.39. The highest BCUT2D eigenvalue weighted by Crippen LogP contribution is 2.27. The number of nitrogens with zero attached hydrogens (tertiary/aromatic N) is 3. The molecule has 0 spiro atoms. The third kappa shape index (κ3) is 2.63. The van der Waals surface area contributed by atoms with Crippen LogP contribution in [-0.2, 0) is 4.74 Å². The molecule has 6 nitrogen and oxygen atoms in total. The number of benzene rings is 1. The average Bonchev–Trinajstić information content (AvgIpc) is 2.93. The molecule has 4 rings (SSSR count). The van der Waals surface area contributed by atoms with E-state index in [0.717, 1.165) is 67.3 Å². The van der Waals surface area contributed by atoms with Crippen molar-refractivity contribution in [2.75, 3.05) is 44.7 Å². The number of hydrogen-bond acceptors (Lipinski definition) is 6. The summed E-state index contributed by atoms with van der Waals surface area (Å²) >= 11 is 0. The molecule has 1 N–H and O–H groups in total. The predicted octanol–water partition coefficient (Wildman–Crippen LogP) is 2.12. The monoisotopic (exact) mass is 298 g/mol. The summed E-state index contributed by atoms with van der Waals surface area (Å²) in [6.45, 7) is 5.45. The van der Waals surface area contributed by atoms with E-state index in [9.17, 15) is 0 Å². The number of aromatic nitrogens is 2. The van der Waals surface area contributed by atoms with Crippen molar-refractivity contribution in [3.05, 3.63) is 30.3 Å². The first-order valence-corrected chi connectivity index (χ1v) is 7.59. The Bertz CT molecular complexity index is 780. The number of nitrogens with one attached hydrogen (secondary N) is 1. The molecule has 1 aliphatic heterocycles. The SMILES string of the molecule is c1ccc2c(c1)oc1cc(NCCN3CCOCC3)nnc12. The van der Waals surface area contributed by atoms with E-state index in [2.05, 4.69) is 20.4 Å². The van der Waals surface area contributed by atoms with E-state index in [1.165, 1.54) is 0 Å². The van der Waals surface area contributed by atoms with E-state index in [0.29, 0.717) is 0 Å². The molecule has 1 aliphatic rings. The van der Waals surface area contributed by atoms with Gasteiger partial charge >= 0.3 is 0 Å². The maximum absolute atomic E-state index is 5.82. The van der Waals surface area contributed by atoms with Gasteiger partial charge in [-0.15, -0.1) is 10.2 Å². The van der Waals surface area contributed by atoms with E-state index in [1.807, 2.05) is 30.3 Å². The van der Waals surface area contributed by atoms with Gasteiger partial charge in [-0.1, -0.05) is 12.1 Å². The Morgan fingerprint density at radius 2 is 1.95 bits per heavy atom. The van der Waals surface area contributed by atoms with Crippen LogP contribution in [0.15, 0.2) is 34.7 Å². The summed E-state index contributed by atoms with van der Waals surface area (Å²) in [6, 6.07) is 9.80. The first-order chi connectivity index (χ1) is 10.9. The van der Waals surface area contributed by atoms with Crippen LogP contribution in [0.25, 0.3) is 22.1 Å². The van der Waals surface area contributed by atoms with E-state index in [-0.39, 0.29) is 0 Å². The summed E-state index contributed by atoms with van der Waals surface area (Å²) in [5.74, 6) is 0.750. The van der Waals surface area contributed by atoms with Gasteiger partial charge in [-0.2, -0.15) is 0 Å². The number of furan rings is 1. The predicted molar refractivity (Wildman–Crippen MR) is 85.1 cm³/mol. The van der Waals surface area contributed by atoms with Crippen LogP contribution < -0.4 is 5.32 Å². The van der Waals surface area contributed by atoms with Gasteiger partial charge in [0.15, 0.2) is 11.4 Å². The molecule has 114 valence electrons. The molecule has 0 unspecified atom stereocenters. The van der Waals surface area contributed by atoms with Crippen molar-refractivity contribution in [1.29, 1.82) is 0 Å². The van der Waals surface area contributed by atoms with Crippen LogP contribution in [0.2, 0.25) is 0 Å². The fourth-order valence-electron chi connectivity index (χ4n) is 2.76. The van der Waals surface area contributed by atoms with Gasteiger partial charge in [0, 0.05) is 37.6 Å². The average molecular weight is 298 g/mol. The molecule has 1 saturated heterocycles. The molecular weight excluding hydrogens is 280 g/mol. The zero-order valence-corrected chi connectivity index (χ0v) is 12.3. The maximum Gasteiger partial charge on any atom is 0.159 e. The molecule has 1 fully saturated rings. The highest BCUT2D eigenvalue weighted by molar-refractivity contribution is 6.02. The molecule has 0 bridgehead atoms. The Kier molecular flexibility index (Phi) is 3.62. The molecule has 22 heavy (non-hydrogen) atoms. The normalized spacial score (nSPS) is 16.4. The molecule has 0 saturated carbocycles. The van der Waals surface area contributed by atoms with Crippen molar-refractivity contribution in [2.24, 2.45) is 0 Å². The summed E-state index contributed by atoms with van der Waals surface area (Å²) in [6.07, 6.45) is 0. The molecule has 3 aromatic rings. The van der Waals surface area contributed by atoms with Crippen molar-refractivity contribution in [1.82, 2.24) is 15.1 Å². The Hall–Kier alpha value is -2.18. The van der Waals surface area contributed by atoms with Crippen LogP contribution in [0.1, 0.15) is 0 Å². The summed E-state index contributed by atoms with van der Waals surface area (Å²) < 4.78 is 11.2. The molecule has 0 atom stereocenters. The summed E-state index contributed by atoms with van der Waals surface area (Å²) in [5, 5.41) is 12.9. The molecule has 6 heteroatoms. The molecule has 0 amide bonds. The largest absolute Gasteiger partial charge is 0.454 e. The second kappa shape index (κ2) is 5.90. The van der Waals surface area contributed by atoms with Crippen molar-refractivity contribution in [3.63, 3.8) is 0 Å². The summed E-state index contributed by atoms with van der Waals surface area (Å²) in [4.78, 5) is 2.38. The van der Waals surface area contributed by atoms with Gasteiger partial charge in [0.1, 0.15) is 11.1 Å². The van der Waals surface area contributed by atoms with E-state index in [1.54, 1.807) is 0 Å². The lowest BCUT2D eigenvalue weighted by Gasteiger charge is -2.26. The highest BCUT2D eigenvalue weighted by Gasteiger charge is 2.11. The Morgan fingerprint density at radius 1 is 1.09 bits per heavy atom. The quantitative estimate of drug-likeness (QED) is 0.796. The lowest BCUT2D eigenvalue weighted by atomic mass is 10.2. The summed E-state index contributed by atoms with van der Waals surface area (Å²) in [5.41, 5.74) is 2.43. The summed E-state index contributed by atoms with van der Waals surface area (Å²) in [7, 11) is 0. The minimum Gasteiger partial charge on any atom is -0.454 e. The first kappa shape index (κ1) is 13.5. The van der Waals surface area contributed by atoms with Crippen molar-refractivity contribution < 1.29 is 9.15 Å². The molecule has 2 aromatic heterocycles. The maximum atomic E-state index is 5.82. The van der Waals surface area contributed by atoms with Crippen molar-refractivity contribution >= 4 is 27.9 Å². The van der Waals surface area contributed by atoms with Gasteiger partial charge < -0.3 is 14.5 Å². The van der Waals surface area contributed by atoms with Gasteiger partial charge in [0.2, 0.25) is 0 Å². The Morgan fingerprint density at radius 3 is 2.86 bits per heavy atom. The van der Waals surface area contributed by atoms with Gasteiger partial charge in [-0.3, -0.25) is 4.90 Å². The van der Waals surface area contributed by atoms with Crippen molar-refractivity contribution in [2.45, 2.75) is 0 Å². The fourth-order valence-corrected chi connectivity index (χ4v) is 2.76. The molecule has 0 aliphatic carbocycles. The number of morpholine rings is 1. The number of anilines is 1. The molecule has 0 radical (unpaired) electrons. The van der Waals surface area contributed by atoms with Gasteiger partial charge in [0.25, 0.3) is 0 Å². The fraction of sp³-hybridized carbons (Fsp3) is 0.375. The highest BCUT2D eigenvalue weighted by atomic mass is 16.5. The number of hydrogen-bond donors (Lipinski definition) is 1. The zero-order chi connectivity index (χ0) is 14.8. The van der Waals surface area contributed by atoms with Crippen LogP contribution in [0, 0.1) is 0 Å². The van der Waals surface area contributed by atoms with Crippen molar-refractivity contribution in [3.8, 4) is 0 Å². The number of para-hydroxylation sites is 1. The third-order valence-electron chi connectivity index (χ3n) is 3.96. The van der Waals surface area contributed by atoms with Crippen LogP contribution in [0.3, 0.4) is 0 Å². The van der Waals surface area contributed by atoms with E-state index < -0.39 is 0 Å². The second-order valence-electron chi connectivity index (χ2n) is 5.42. The molecular formula is C16H18N4O2. The van der Waals surface area contributed by atoms with Gasteiger partial charge in [-0.05, 0) is 12.1 Å². The lowest BCUT2D eigenvalue weighted by molar-refractivity contribution is 0.0398. The molecule has 3 heterocycles. The third-order valence-corrected chi connectivity index (χ3v) is 3.96. The Balaban J connectivity index is 1.46. The Labute approximate surface area is 128 Å². The molecule has 1 aromatic carbocycles. The number of ether oxygens (including phenoxy) is 1. The van der Waals surface area contributed by atoms with Crippen LogP contribution in [0.5, 0.6) is 0 Å².